The molecule has 2 aromatic rings. The van der Waals surface area contributed by atoms with E-state index in [2.05, 4.69) is 94.0 Å². The van der Waals surface area contributed by atoms with E-state index in [1.807, 2.05) is 0 Å². The molecule has 2 fully saturated rings. The van der Waals surface area contributed by atoms with Crippen molar-refractivity contribution in [2.24, 2.45) is 0 Å². The van der Waals surface area contributed by atoms with Crippen molar-refractivity contribution >= 4 is 23.5 Å². The van der Waals surface area contributed by atoms with Crippen molar-refractivity contribution in [3.63, 3.8) is 0 Å². The number of rotatable bonds is 11. The van der Waals surface area contributed by atoms with Gasteiger partial charge in [0, 0.05) is 26.2 Å². The van der Waals surface area contributed by atoms with Crippen molar-refractivity contribution in [2.45, 2.75) is 23.6 Å². The first-order valence-electron chi connectivity index (χ1n) is 11.9. The van der Waals surface area contributed by atoms with Crippen LogP contribution in [0.2, 0.25) is 0 Å². The minimum Gasteiger partial charge on any atom is -0.379 e. The first-order valence-corrected chi connectivity index (χ1v) is 14.0. The zero-order valence-electron chi connectivity index (χ0n) is 18.9. The highest BCUT2D eigenvalue weighted by Crippen LogP contribution is 2.36. The molecule has 0 N–H and O–H groups in total. The van der Waals surface area contributed by atoms with Gasteiger partial charge in [-0.3, -0.25) is 9.80 Å². The lowest BCUT2D eigenvalue weighted by Crippen LogP contribution is -2.38. The molecule has 0 aromatic heterocycles. The van der Waals surface area contributed by atoms with E-state index < -0.39 is 0 Å². The second-order valence-electron chi connectivity index (χ2n) is 8.27. The van der Waals surface area contributed by atoms with E-state index in [9.17, 15) is 0 Å². The molecule has 32 heavy (non-hydrogen) atoms. The SMILES string of the molecule is c1ccc(C(SCCCCSC(c2ccccc2)N2CCOCC2)N2CCOCC2)cc1. The van der Waals surface area contributed by atoms with Crippen LogP contribution in [0.3, 0.4) is 0 Å². The lowest BCUT2D eigenvalue weighted by molar-refractivity contribution is 0.0323. The molecule has 0 bridgehead atoms. The van der Waals surface area contributed by atoms with Gasteiger partial charge in [0.15, 0.2) is 0 Å². The Balaban J connectivity index is 1.25. The number of benzene rings is 2. The number of hydrogen-bond acceptors (Lipinski definition) is 6. The van der Waals surface area contributed by atoms with Crippen LogP contribution >= 0.6 is 23.5 Å². The van der Waals surface area contributed by atoms with Gasteiger partial charge in [-0.15, -0.1) is 23.5 Å². The summed E-state index contributed by atoms with van der Waals surface area (Å²) in [5, 5.41) is 0.886. The van der Waals surface area contributed by atoms with Gasteiger partial charge in [-0.25, -0.2) is 0 Å². The maximum absolute atomic E-state index is 5.59. The van der Waals surface area contributed by atoms with Crippen LogP contribution in [-0.4, -0.2) is 73.9 Å². The average Bonchev–Trinajstić information content (AvgIpc) is 2.88. The molecule has 0 radical (unpaired) electrons. The van der Waals surface area contributed by atoms with E-state index in [-0.39, 0.29) is 0 Å². The molecule has 4 nitrogen and oxygen atoms in total. The fourth-order valence-electron chi connectivity index (χ4n) is 4.28. The predicted molar refractivity (Wildman–Crippen MR) is 137 cm³/mol. The standard InChI is InChI=1S/C26H36N2O2S2/c1-3-9-23(10-4-1)25(27-13-17-29-18-14-27)31-21-7-8-22-32-26(24-11-5-2-6-12-24)28-15-19-30-20-16-28/h1-6,9-12,25-26H,7-8,13-22H2. The fraction of sp³-hybridized carbons (Fsp3) is 0.538. The van der Waals surface area contributed by atoms with Crippen LogP contribution in [0.25, 0.3) is 0 Å². The van der Waals surface area contributed by atoms with E-state index in [0.717, 1.165) is 52.6 Å². The molecule has 0 saturated carbocycles. The van der Waals surface area contributed by atoms with Crippen molar-refractivity contribution in [2.75, 3.05) is 64.1 Å². The molecule has 2 heterocycles. The average molecular weight is 473 g/mol. The molecule has 2 aliphatic rings. The summed E-state index contributed by atoms with van der Waals surface area (Å²) in [6, 6.07) is 22.0. The van der Waals surface area contributed by atoms with Gasteiger partial charge in [0.25, 0.3) is 0 Å². The summed E-state index contributed by atoms with van der Waals surface area (Å²) in [5.74, 6) is 2.40. The van der Waals surface area contributed by atoms with Crippen molar-refractivity contribution in [3.05, 3.63) is 71.8 Å². The van der Waals surface area contributed by atoms with Gasteiger partial charge in [-0.1, -0.05) is 60.7 Å². The topological polar surface area (TPSA) is 24.9 Å². The highest BCUT2D eigenvalue weighted by atomic mass is 32.2. The van der Waals surface area contributed by atoms with E-state index in [0.29, 0.717) is 10.7 Å². The Kier molecular flexibility index (Phi) is 10.3. The minimum absolute atomic E-state index is 0.443. The Labute approximate surface area is 202 Å². The van der Waals surface area contributed by atoms with Gasteiger partial charge >= 0.3 is 0 Å². The van der Waals surface area contributed by atoms with E-state index in [1.54, 1.807) is 0 Å². The number of ether oxygens (including phenoxy) is 2. The predicted octanol–water partition coefficient (Wildman–Crippen LogP) is 5.30. The molecule has 2 unspecified atom stereocenters. The van der Waals surface area contributed by atoms with Crippen LogP contribution in [0.4, 0.5) is 0 Å². The second kappa shape index (κ2) is 13.6. The first kappa shape index (κ1) is 24.1. The zero-order chi connectivity index (χ0) is 21.8. The number of hydrogen-bond donors (Lipinski definition) is 0. The Bertz CT molecular complexity index is 687. The third kappa shape index (κ3) is 7.24. The van der Waals surface area contributed by atoms with Crippen molar-refractivity contribution in [1.29, 1.82) is 0 Å². The number of unbranched alkanes of at least 4 members (excludes halogenated alkanes) is 1. The maximum atomic E-state index is 5.59. The van der Waals surface area contributed by atoms with Crippen LogP contribution in [0.5, 0.6) is 0 Å². The molecule has 174 valence electrons. The lowest BCUT2D eigenvalue weighted by Gasteiger charge is -2.34. The van der Waals surface area contributed by atoms with Gasteiger partial charge in [-0.2, -0.15) is 0 Å². The van der Waals surface area contributed by atoms with Crippen LogP contribution in [0, 0.1) is 0 Å². The molecular formula is C26H36N2O2S2. The number of morpholine rings is 2. The minimum atomic E-state index is 0.443. The monoisotopic (exact) mass is 472 g/mol. The molecule has 0 aliphatic carbocycles. The summed E-state index contributed by atoms with van der Waals surface area (Å²) in [6.07, 6.45) is 2.52. The molecular weight excluding hydrogens is 436 g/mol. The van der Waals surface area contributed by atoms with E-state index in [4.69, 9.17) is 9.47 Å². The van der Waals surface area contributed by atoms with Crippen LogP contribution < -0.4 is 0 Å². The lowest BCUT2D eigenvalue weighted by atomic mass is 10.2. The van der Waals surface area contributed by atoms with E-state index in [1.165, 1.54) is 35.5 Å². The van der Waals surface area contributed by atoms with Gasteiger partial charge < -0.3 is 9.47 Å². The summed E-state index contributed by atoms with van der Waals surface area (Å²) in [4.78, 5) is 5.17. The zero-order valence-corrected chi connectivity index (χ0v) is 20.6. The number of nitrogens with zero attached hydrogens (tertiary/aromatic N) is 2. The van der Waals surface area contributed by atoms with Gasteiger partial charge in [0.05, 0.1) is 37.2 Å². The highest BCUT2D eigenvalue weighted by molar-refractivity contribution is 7.99. The van der Waals surface area contributed by atoms with Crippen LogP contribution in [0.1, 0.15) is 34.7 Å². The van der Waals surface area contributed by atoms with Crippen molar-refractivity contribution in [3.8, 4) is 0 Å². The molecule has 2 saturated heterocycles. The quantitative estimate of drug-likeness (QED) is 0.412. The highest BCUT2D eigenvalue weighted by Gasteiger charge is 2.24. The summed E-state index contributed by atoms with van der Waals surface area (Å²) in [5.41, 5.74) is 2.84. The smallest absolute Gasteiger partial charge is 0.0815 e. The third-order valence-electron chi connectivity index (χ3n) is 6.01. The Morgan fingerprint density at radius 3 is 1.34 bits per heavy atom. The van der Waals surface area contributed by atoms with Crippen LogP contribution in [0.15, 0.2) is 60.7 Å². The van der Waals surface area contributed by atoms with Gasteiger partial charge in [0.2, 0.25) is 0 Å². The Morgan fingerprint density at radius 1 is 0.594 bits per heavy atom. The molecule has 2 aromatic carbocycles. The first-order chi connectivity index (χ1) is 15.9. The molecule has 2 aliphatic heterocycles. The van der Waals surface area contributed by atoms with E-state index >= 15 is 0 Å². The Morgan fingerprint density at radius 2 is 0.969 bits per heavy atom. The molecule has 0 spiro atoms. The normalized spacial score (nSPS) is 20.1. The largest absolute Gasteiger partial charge is 0.379 e. The summed E-state index contributed by atoms with van der Waals surface area (Å²) >= 11 is 4.20. The molecule has 6 heteroatoms. The molecule has 2 atom stereocenters. The van der Waals surface area contributed by atoms with Crippen LogP contribution in [-0.2, 0) is 9.47 Å². The summed E-state index contributed by atoms with van der Waals surface area (Å²) in [6.45, 7) is 7.51. The Hall–Kier alpha value is -1.02. The summed E-state index contributed by atoms with van der Waals surface area (Å²) < 4.78 is 11.2. The van der Waals surface area contributed by atoms with Crippen molar-refractivity contribution in [1.82, 2.24) is 9.80 Å². The van der Waals surface area contributed by atoms with Gasteiger partial charge in [0.1, 0.15) is 0 Å². The van der Waals surface area contributed by atoms with Crippen molar-refractivity contribution < 1.29 is 9.47 Å². The third-order valence-corrected chi connectivity index (χ3v) is 8.84. The van der Waals surface area contributed by atoms with Gasteiger partial charge in [-0.05, 0) is 35.5 Å². The fourth-order valence-corrected chi connectivity index (χ4v) is 7.01. The maximum Gasteiger partial charge on any atom is 0.0815 e. The number of thioether (sulfide) groups is 2. The second-order valence-corrected chi connectivity index (χ2v) is 10.6. The molecule has 4 rings (SSSR count). The summed E-state index contributed by atoms with van der Waals surface area (Å²) in [7, 11) is 0. The molecule has 0 amide bonds.